The highest BCUT2D eigenvalue weighted by Gasteiger charge is 2.12. The molecule has 0 radical (unpaired) electrons. The van der Waals surface area contributed by atoms with E-state index in [0.29, 0.717) is 27.8 Å². The molecule has 3 N–H and O–H groups in total. The van der Waals surface area contributed by atoms with E-state index >= 15 is 0 Å². The molecule has 1 heterocycles. The maximum absolute atomic E-state index is 12.7. The topological polar surface area (TPSA) is 99.8 Å². The number of aromatic amines is 1. The van der Waals surface area contributed by atoms with Gasteiger partial charge in [-0.2, -0.15) is 5.10 Å². The molecule has 0 atom stereocenters. The first kappa shape index (κ1) is 19.6. The molecule has 0 saturated carbocycles. The maximum atomic E-state index is 12.7. The van der Waals surface area contributed by atoms with Crippen LogP contribution in [0, 0.1) is 5.92 Å². The molecule has 0 spiro atoms. The molecule has 0 saturated heterocycles. The van der Waals surface area contributed by atoms with Gasteiger partial charge >= 0.3 is 0 Å². The first-order valence-electron chi connectivity index (χ1n) is 8.81. The number of thioether (sulfide) groups is 1. The zero-order valence-corrected chi connectivity index (χ0v) is 16.4. The van der Waals surface area contributed by atoms with Gasteiger partial charge in [0.25, 0.3) is 5.91 Å². The summed E-state index contributed by atoms with van der Waals surface area (Å²) in [5.41, 5.74) is 2.86. The van der Waals surface area contributed by atoms with Gasteiger partial charge in [0.05, 0.1) is 0 Å². The van der Waals surface area contributed by atoms with Gasteiger partial charge in [0, 0.05) is 28.6 Å². The van der Waals surface area contributed by atoms with E-state index in [2.05, 4.69) is 25.8 Å². The minimum absolute atomic E-state index is 0.0463. The third-order valence-electron chi connectivity index (χ3n) is 3.95. The monoisotopic (exact) mass is 395 g/mol. The molecular formula is C20H21N5O2S. The van der Waals surface area contributed by atoms with Crippen molar-refractivity contribution >= 4 is 35.0 Å². The number of hydrogen-bond acceptors (Lipinski definition) is 5. The van der Waals surface area contributed by atoms with Crippen LogP contribution >= 0.6 is 11.8 Å². The summed E-state index contributed by atoms with van der Waals surface area (Å²) < 4.78 is 0. The number of amides is 2. The van der Waals surface area contributed by atoms with Crippen LogP contribution in [0.5, 0.6) is 0 Å². The van der Waals surface area contributed by atoms with Gasteiger partial charge in [-0.25, -0.2) is 4.98 Å². The molecule has 8 heteroatoms. The normalized spacial score (nSPS) is 10.7. The molecule has 28 heavy (non-hydrogen) atoms. The second kappa shape index (κ2) is 9.18. The summed E-state index contributed by atoms with van der Waals surface area (Å²) in [7, 11) is 0. The van der Waals surface area contributed by atoms with Gasteiger partial charge in [-0.05, 0) is 35.9 Å². The third kappa shape index (κ3) is 5.20. The van der Waals surface area contributed by atoms with Gasteiger partial charge in [-0.1, -0.05) is 43.8 Å². The van der Waals surface area contributed by atoms with Crippen LogP contribution in [0.15, 0.2) is 60.0 Å². The standard InChI is InChI=1S/C20H21N5O2S/c1-13(2)18(26)23-15-7-9-16(10-8-15)24-19(27)17-6-4-3-5-14(17)11-28-20-21-12-22-25-20/h3-10,12-13H,11H2,1-2H3,(H,23,26)(H,24,27)(H,21,22,25). The molecular weight excluding hydrogens is 374 g/mol. The molecule has 3 rings (SSSR count). The number of aromatic nitrogens is 3. The summed E-state index contributed by atoms with van der Waals surface area (Å²) in [4.78, 5) is 28.6. The molecule has 2 amide bonds. The fourth-order valence-corrected chi connectivity index (χ4v) is 3.18. The van der Waals surface area contributed by atoms with Crippen LogP contribution in [-0.4, -0.2) is 27.0 Å². The van der Waals surface area contributed by atoms with Crippen LogP contribution in [0.2, 0.25) is 0 Å². The van der Waals surface area contributed by atoms with Crippen LogP contribution in [0.25, 0.3) is 0 Å². The first-order valence-corrected chi connectivity index (χ1v) is 9.80. The summed E-state index contributed by atoms with van der Waals surface area (Å²) in [5, 5.41) is 13.0. The van der Waals surface area contributed by atoms with E-state index in [4.69, 9.17) is 0 Å². The minimum atomic E-state index is -0.187. The number of carbonyl (C=O) groups excluding carboxylic acids is 2. The van der Waals surface area contributed by atoms with Crippen molar-refractivity contribution in [3.63, 3.8) is 0 Å². The number of hydrogen-bond donors (Lipinski definition) is 3. The van der Waals surface area contributed by atoms with Crippen molar-refractivity contribution < 1.29 is 9.59 Å². The second-order valence-corrected chi connectivity index (χ2v) is 7.38. The van der Waals surface area contributed by atoms with Gasteiger partial charge in [0.1, 0.15) is 6.33 Å². The van der Waals surface area contributed by atoms with Gasteiger partial charge in [-0.3, -0.25) is 14.7 Å². The number of H-pyrrole nitrogens is 1. The van der Waals surface area contributed by atoms with E-state index in [0.717, 1.165) is 5.56 Å². The summed E-state index contributed by atoms with van der Waals surface area (Å²) in [6, 6.07) is 14.5. The molecule has 0 bridgehead atoms. The van der Waals surface area contributed by atoms with Crippen molar-refractivity contribution in [3.8, 4) is 0 Å². The predicted octanol–water partition coefficient (Wildman–Crippen LogP) is 3.94. The molecule has 0 fully saturated rings. The average molecular weight is 395 g/mol. The summed E-state index contributed by atoms with van der Waals surface area (Å²) in [6.45, 7) is 3.67. The third-order valence-corrected chi connectivity index (χ3v) is 4.88. The Balaban J connectivity index is 1.65. The molecule has 3 aromatic rings. The Morgan fingerprint density at radius 3 is 2.36 bits per heavy atom. The van der Waals surface area contributed by atoms with Crippen molar-refractivity contribution in [1.82, 2.24) is 15.2 Å². The lowest BCUT2D eigenvalue weighted by Crippen LogP contribution is -2.17. The van der Waals surface area contributed by atoms with E-state index < -0.39 is 0 Å². The largest absolute Gasteiger partial charge is 0.326 e. The first-order chi connectivity index (χ1) is 13.5. The van der Waals surface area contributed by atoms with E-state index in [-0.39, 0.29) is 17.7 Å². The van der Waals surface area contributed by atoms with Crippen LogP contribution in [-0.2, 0) is 10.5 Å². The van der Waals surface area contributed by atoms with Crippen molar-refractivity contribution in [1.29, 1.82) is 0 Å². The molecule has 0 unspecified atom stereocenters. The summed E-state index contributed by atoms with van der Waals surface area (Å²) in [5.74, 6) is 0.271. The van der Waals surface area contributed by atoms with E-state index in [9.17, 15) is 9.59 Å². The van der Waals surface area contributed by atoms with Crippen LogP contribution < -0.4 is 10.6 Å². The number of benzene rings is 2. The highest BCUT2D eigenvalue weighted by molar-refractivity contribution is 7.98. The van der Waals surface area contributed by atoms with Crippen molar-refractivity contribution in [3.05, 3.63) is 66.0 Å². The lowest BCUT2D eigenvalue weighted by molar-refractivity contribution is -0.118. The van der Waals surface area contributed by atoms with Gasteiger partial charge in [0.15, 0.2) is 5.16 Å². The summed E-state index contributed by atoms with van der Waals surface area (Å²) >= 11 is 1.48. The van der Waals surface area contributed by atoms with Gasteiger partial charge in [0.2, 0.25) is 5.91 Å². The average Bonchev–Trinajstić information content (AvgIpc) is 3.21. The SMILES string of the molecule is CC(C)C(=O)Nc1ccc(NC(=O)c2ccccc2CSc2ncn[nH]2)cc1. The van der Waals surface area contributed by atoms with E-state index in [1.807, 2.05) is 32.0 Å². The molecule has 7 nitrogen and oxygen atoms in total. The van der Waals surface area contributed by atoms with Crippen molar-refractivity contribution in [2.24, 2.45) is 5.92 Å². The Morgan fingerprint density at radius 2 is 1.71 bits per heavy atom. The lowest BCUT2D eigenvalue weighted by atomic mass is 10.1. The Hall–Kier alpha value is -3.13. The Bertz CT molecular complexity index is 939. The fourth-order valence-electron chi connectivity index (χ4n) is 2.40. The predicted molar refractivity (Wildman–Crippen MR) is 110 cm³/mol. The Labute approximate surface area is 167 Å². The fraction of sp³-hybridized carbons (Fsp3) is 0.200. The Kier molecular flexibility index (Phi) is 6.44. The van der Waals surface area contributed by atoms with Crippen molar-refractivity contribution in [2.75, 3.05) is 10.6 Å². The molecule has 1 aromatic heterocycles. The van der Waals surface area contributed by atoms with Gasteiger partial charge in [-0.15, -0.1) is 0 Å². The zero-order valence-electron chi connectivity index (χ0n) is 15.6. The molecule has 144 valence electrons. The van der Waals surface area contributed by atoms with E-state index in [1.54, 1.807) is 30.3 Å². The number of rotatable bonds is 7. The van der Waals surface area contributed by atoms with Crippen LogP contribution in [0.4, 0.5) is 11.4 Å². The quantitative estimate of drug-likeness (QED) is 0.526. The molecule has 0 aliphatic rings. The molecule has 0 aliphatic carbocycles. The number of carbonyl (C=O) groups is 2. The van der Waals surface area contributed by atoms with Crippen LogP contribution in [0.3, 0.4) is 0 Å². The molecule has 0 aliphatic heterocycles. The number of nitrogens with one attached hydrogen (secondary N) is 3. The van der Waals surface area contributed by atoms with Crippen LogP contribution in [0.1, 0.15) is 29.8 Å². The maximum Gasteiger partial charge on any atom is 0.255 e. The summed E-state index contributed by atoms with van der Waals surface area (Å²) in [6.07, 6.45) is 1.45. The Morgan fingerprint density at radius 1 is 1.04 bits per heavy atom. The number of anilines is 2. The highest BCUT2D eigenvalue weighted by atomic mass is 32.2. The minimum Gasteiger partial charge on any atom is -0.326 e. The second-order valence-electron chi connectivity index (χ2n) is 6.41. The smallest absolute Gasteiger partial charge is 0.255 e. The number of nitrogens with zero attached hydrogens (tertiary/aromatic N) is 2. The molecule has 2 aromatic carbocycles. The highest BCUT2D eigenvalue weighted by Crippen LogP contribution is 2.22. The lowest BCUT2D eigenvalue weighted by Gasteiger charge is -2.11. The van der Waals surface area contributed by atoms with Gasteiger partial charge < -0.3 is 10.6 Å². The van der Waals surface area contributed by atoms with E-state index in [1.165, 1.54) is 18.1 Å². The van der Waals surface area contributed by atoms with Crippen molar-refractivity contribution in [2.45, 2.75) is 24.8 Å². The zero-order chi connectivity index (χ0) is 19.9.